The van der Waals surface area contributed by atoms with Crippen LogP contribution in [0, 0.1) is 13.8 Å². The number of aliphatic imine (C=N–C) groups is 1. The molecule has 0 bridgehead atoms. The van der Waals surface area contributed by atoms with Gasteiger partial charge in [-0.3, -0.25) is 4.90 Å². The molecule has 1 aromatic carbocycles. The molecule has 1 unspecified atom stereocenters. The fourth-order valence-electron chi connectivity index (χ4n) is 3.46. The Morgan fingerprint density at radius 2 is 2.07 bits per heavy atom. The van der Waals surface area contributed by atoms with Gasteiger partial charge in [-0.2, -0.15) is 0 Å². The van der Waals surface area contributed by atoms with E-state index in [-0.39, 0.29) is 0 Å². The van der Waals surface area contributed by atoms with Crippen LogP contribution in [0.3, 0.4) is 0 Å². The largest absolute Gasteiger partial charge is 0.357 e. The summed E-state index contributed by atoms with van der Waals surface area (Å²) in [6, 6.07) is 11.3. The van der Waals surface area contributed by atoms with Crippen molar-refractivity contribution in [2.45, 2.75) is 52.7 Å². The summed E-state index contributed by atoms with van der Waals surface area (Å²) in [5.74, 6) is 0.884. The topological polar surface area (TPSA) is 52.6 Å². The first-order chi connectivity index (χ1) is 13.2. The minimum Gasteiger partial charge on any atom is -0.357 e. The molecule has 5 nitrogen and oxygen atoms in total. The molecule has 1 fully saturated rings. The number of hydrogen-bond donors (Lipinski definition) is 2. The smallest absolute Gasteiger partial charge is 0.191 e. The number of guanidine groups is 1. The quantitative estimate of drug-likeness (QED) is 0.566. The van der Waals surface area contributed by atoms with Crippen LogP contribution in [0.2, 0.25) is 0 Å². The first-order valence-electron chi connectivity index (χ1n) is 9.88. The van der Waals surface area contributed by atoms with Crippen molar-refractivity contribution in [1.82, 2.24) is 20.5 Å². The average molecular weight is 386 g/mol. The highest BCUT2D eigenvalue weighted by Crippen LogP contribution is 2.20. The Bertz CT molecular complexity index is 721. The van der Waals surface area contributed by atoms with Crippen LogP contribution in [0.5, 0.6) is 0 Å². The van der Waals surface area contributed by atoms with E-state index in [0.29, 0.717) is 12.6 Å². The summed E-state index contributed by atoms with van der Waals surface area (Å²) < 4.78 is 0. The molecule has 0 saturated carbocycles. The van der Waals surface area contributed by atoms with Gasteiger partial charge in [0.25, 0.3) is 0 Å². The van der Waals surface area contributed by atoms with Crippen LogP contribution in [0.25, 0.3) is 0 Å². The third-order valence-corrected chi connectivity index (χ3v) is 6.08. The molecule has 0 spiro atoms. The van der Waals surface area contributed by atoms with Crippen molar-refractivity contribution in [3.8, 4) is 0 Å². The zero-order chi connectivity index (χ0) is 19.1. The van der Waals surface area contributed by atoms with Crippen LogP contribution in [-0.2, 0) is 13.1 Å². The summed E-state index contributed by atoms with van der Waals surface area (Å²) in [7, 11) is 0. The Morgan fingerprint density at radius 1 is 1.26 bits per heavy atom. The molecule has 146 valence electrons. The van der Waals surface area contributed by atoms with Crippen LogP contribution >= 0.6 is 11.3 Å². The highest BCUT2D eigenvalue weighted by atomic mass is 32.1. The summed E-state index contributed by atoms with van der Waals surface area (Å²) in [6.07, 6.45) is 2.51. The van der Waals surface area contributed by atoms with Gasteiger partial charge < -0.3 is 10.6 Å². The van der Waals surface area contributed by atoms with Gasteiger partial charge in [-0.25, -0.2) is 9.98 Å². The van der Waals surface area contributed by atoms with E-state index in [9.17, 15) is 0 Å². The number of thiazole rings is 1. The lowest BCUT2D eigenvalue weighted by Crippen LogP contribution is -2.44. The Morgan fingerprint density at radius 3 is 2.78 bits per heavy atom. The average Bonchev–Trinajstić information content (AvgIpc) is 3.24. The molecular formula is C21H31N5S. The van der Waals surface area contributed by atoms with Crippen LogP contribution in [0.4, 0.5) is 0 Å². The zero-order valence-corrected chi connectivity index (χ0v) is 17.5. The normalized spacial score (nSPS) is 18.0. The summed E-state index contributed by atoms with van der Waals surface area (Å²) >= 11 is 1.74. The molecule has 0 amide bonds. The van der Waals surface area contributed by atoms with Crippen molar-refractivity contribution in [3.05, 3.63) is 51.5 Å². The first-order valence-corrected chi connectivity index (χ1v) is 10.7. The minimum absolute atomic E-state index is 0.554. The molecule has 6 heteroatoms. The van der Waals surface area contributed by atoms with E-state index in [1.165, 1.54) is 29.8 Å². The predicted molar refractivity (Wildman–Crippen MR) is 114 cm³/mol. The van der Waals surface area contributed by atoms with Crippen molar-refractivity contribution in [2.24, 2.45) is 4.99 Å². The number of aromatic nitrogens is 1. The fourth-order valence-corrected chi connectivity index (χ4v) is 4.32. The first kappa shape index (κ1) is 19.8. The highest BCUT2D eigenvalue weighted by molar-refractivity contribution is 7.11. The standard InChI is InChI=1S/C21H31N5S/c1-4-22-21(24-14-20-25-16(2)17(3)27-20)23-13-19-11-8-12-26(19)15-18-9-6-5-7-10-18/h5-7,9-10,19H,4,8,11-15H2,1-3H3,(H2,22,23,24). The Labute approximate surface area is 166 Å². The fraction of sp³-hybridized carbons (Fsp3) is 0.524. The monoisotopic (exact) mass is 385 g/mol. The lowest BCUT2D eigenvalue weighted by molar-refractivity contribution is 0.245. The van der Waals surface area contributed by atoms with E-state index >= 15 is 0 Å². The predicted octanol–water partition coefficient (Wildman–Crippen LogP) is 3.48. The third-order valence-electron chi connectivity index (χ3n) is 5.02. The Balaban J connectivity index is 1.55. The molecule has 1 atom stereocenters. The van der Waals surface area contributed by atoms with E-state index in [4.69, 9.17) is 4.99 Å². The number of aryl methyl sites for hydroxylation is 2. The van der Waals surface area contributed by atoms with Gasteiger partial charge >= 0.3 is 0 Å². The van der Waals surface area contributed by atoms with Crippen LogP contribution in [-0.4, -0.2) is 41.5 Å². The molecule has 27 heavy (non-hydrogen) atoms. The van der Waals surface area contributed by atoms with Gasteiger partial charge in [0.05, 0.1) is 12.2 Å². The molecule has 1 aliphatic rings. The molecule has 1 aromatic heterocycles. The van der Waals surface area contributed by atoms with E-state index in [0.717, 1.165) is 36.3 Å². The maximum atomic E-state index is 4.73. The molecule has 2 aromatic rings. The van der Waals surface area contributed by atoms with Crippen molar-refractivity contribution < 1.29 is 0 Å². The van der Waals surface area contributed by atoms with Gasteiger partial charge in [0.15, 0.2) is 5.96 Å². The number of benzene rings is 1. The molecule has 2 heterocycles. The molecule has 0 radical (unpaired) electrons. The number of hydrogen-bond acceptors (Lipinski definition) is 4. The number of nitrogens with one attached hydrogen (secondary N) is 2. The minimum atomic E-state index is 0.554. The van der Waals surface area contributed by atoms with E-state index in [1.807, 2.05) is 0 Å². The van der Waals surface area contributed by atoms with Crippen molar-refractivity contribution in [2.75, 3.05) is 19.6 Å². The maximum Gasteiger partial charge on any atom is 0.191 e. The van der Waals surface area contributed by atoms with Crippen LogP contribution < -0.4 is 10.6 Å². The molecule has 2 N–H and O–H groups in total. The van der Waals surface area contributed by atoms with Gasteiger partial charge in [-0.05, 0) is 45.7 Å². The van der Waals surface area contributed by atoms with E-state index in [1.54, 1.807) is 11.3 Å². The second kappa shape index (κ2) is 9.85. The van der Waals surface area contributed by atoms with Gasteiger partial charge in [-0.1, -0.05) is 30.3 Å². The Hall–Kier alpha value is -1.92. The van der Waals surface area contributed by atoms with Gasteiger partial charge in [0.1, 0.15) is 5.01 Å². The number of likely N-dealkylation sites (tertiary alicyclic amines) is 1. The highest BCUT2D eigenvalue weighted by Gasteiger charge is 2.24. The molecule has 1 aliphatic heterocycles. The molecule has 1 saturated heterocycles. The SMILES string of the molecule is CCNC(=NCc1nc(C)c(C)s1)NCC1CCCN1Cc1ccccc1. The lowest BCUT2D eigenvalue weighted by Gasteiger charge is -2.25. The van der Waals surface area contributed by atoms with Crippen molar-refractivity contribution >= 4 is 17.3 Å². The molecule has 3 rings (SSSR count). The van der Waals surface area contributed by atoms with Gasteiger partial charge in [0.2, 0.25) is 0 Å². The second-order valence-electron chi connectivity index (χ2n) is 7.08. The summed E-state index contributed by atoms with van der Waals surface area (Å²) in [4.78, 5) is 13.2. The maximum absolute atomic E-state index is 4.73. The third kappa shape index (κ3) is 5.78. The van der Waals surface area contributed by atoms with Crippen molar-refractivity contribution in [1.29, 1.82) is 0 Å². The van der Waals surface area contributed by atoms with Crippen LogP contribution in [0.1, 0.15) is 40.9 Å². The summed E-state index contributed by atoms with van der Waals surface area (Å²) in [5.41, 5.74) is 2.50. The number of rotatable bonds is 7. The second-order valence-corrected chi connectivity index (χ2v) is 8.37. The zero-order valence-electron chi connectivity index (χ0n) is 16.7. The van der Waals surface area contributed by atoms with E-state index < -0.39 is 0 Å². The molecular weight excluding hydrogens is 354 g/mol. The Kier molecular flexibility index (Phi) is 7.24. The number of nitrogens with zero attached hydrogens (tertiary/aromatic N) is 3. The van der Waals surface area contributed by atoms with Gasteiger partial charge in [-0.15, -0.1) is 11.3 Å². The summed E-state index contributed by atoms with van der Waals surface area (Å²) in [5, 5.41) is 7.98. The van der Waals surface area contributed by atoms with Crippen molar-refractivity contribution in [3.63, 3.8) is 0 Å². The van der Waals surface area contributed by atoms with Crippen LogP contribution in [0.15, 0.2) is 35.3 Å². The molecule has 0 aliphatic carbocycles. The summed E-state index contributed by atoms with van der Waals surface area (Å²) in [6.45, 7) is 10.9. The lowest BCUT2D eigenvalue weighted by atomic mass is 10.2. The van der Waals surface area contributed by atoms with Gasteiger partial charge in [0, 0.05) is 30.6 Å². The van der Waals surface area contributed by atoms with E-state index in [2.05, 4.69) is 71.6 Å².